The lowest BCUT2D eigenvalue weighted by Crippen LogP contribution is -2.26. The first-order valence-corrected chi connectivity index (χ1v) is 10.0. The highest BCUT2D eigenvalue weighted by atomic mass is 16.5. The molecule has 0 saturated carbocycles. The van der Waals surface area contributed by atoms with Gasteiger partial charge in [-0.25, -0.2) is 4.79 Å². The van der Waals surface area contributed by atoms with E-state index >= 15 is 0 Å². The molecule has 8 heteroatoms. The number of amides is 2. The number of anilines is 2. The summed E-state index contributed by atoms with van der Waals surface area (Å²) in [5, 5.41) is 5.11. The smallest absolute Gasteiger partial charge is 0.338 e. The standard InChI is InChI=1S/C25H18N2O6/c1-14(28)26-16-7-4-6-15(12-16)25(32)33-13-21(29)27-20-11-5-10-19-22(20)24(31)18-9-3-2-8-17(18)23(19)30/h2-12H,13H2,1H3,(H,26,28)(H,27,29). The number of ketones is 2. The quantitative estimate of drug-likeness (QED) is 0.458. The van der Waals surface area contributed by atoms with Crippen molar-refractivity contribution < 1.29 is 28.7 Å². The van der Waals surface area contributed by atoms with E-state index in [-0.39, 0.29) is 45.4 Å². The molecule has 33 heavy (non-hydrogen) atoms. The summed E-state index contributed by atoms with van der Waals surface area (Å²) in [5.41, 5.74) is 1.61. The number of carbonyl (C=O) groups excluding carboxylic acids is 5. The molecule has 0 unspecified atom stereocenters. The molecule has 8 nitrogen and oxygen atoms in total. The van der Waals surface area contributed by atoms with Gasteiger partial charge in [0.15, 0.2) is 18.2 Å². The van der Waals surface area contributed by atoms with Crippen LogP contribution >= 0.6 is 0 Å². The minimum absolute atomic E-state index is 0.101. The minimum Gasteiger partial charge on any atom is -0.452 e. The summed E-state index contributed by atoms with van der Waals surface area (Å²) in [5.74, 6) is -2.40. The van der Waals surface area contributed by atoms with Crippen molar-refractivity contribution in [2.75, 3.05) is 17.2 Å². The van der Waals surface area contributed by atoms with Crippen molar-refractivity contribution in [3.63, 3.8) is 0 Å². The molecular formula is C25H18N2O6. The summed E-state index contributed by atoms with van der Waals surface area (Å²) in [4.78, 5) is 61.7. The fourth-order valence-corrected chi connectivity index (χ4v) is 3.58. The maximum Gasteiger partial charge on any atom is 0.338 e. The van der Waals surface area contributed by atoms with E-state index in [1.165, 1.54) is 31.2 Å². The van der Waals surface area contributed by atoms with Crippen LogP contribution in [0.3, 0.4) is 0 Å². The van der Waals surface area contributed by atoms with E-state index in [2.05, 4.69) is 10.6 Å². The van der Waals surface area contributed by atoms with Gasteiger partial charge in [-0.3, -0.25) is 19.2 Å². The van der Waals surface area contributed by atoms with Gasteiger partial charge < -0.3 is 15.4 Å². The Kier molecular flexibility index (Phi) is 5.82. The Hall–Kier alpha value is -4.59. The van der Waals surface area contributed by atoms with Gasteiger partial charge in [-0.15, -0.1) is 0 Å². The van der Waals surface area contributed by atoms with Crippen LogP contribution in [-0.2, 0) is 14.3 Å². The van der Waals surface area contributed by atoms with Crippen molar-refractivity contribution in [2.24, 2.45) is 0 Å². The number of benzene rings is 3. The number of hydrogen-bond acceptors (Lipinski definition) is 6. The number of ether oxygens (including phenoxy) is 1. The van der Waals surface area contributed by atoms with E-state index in [9.17, 15) is 24.0 Å². The van der Waals surface area contributed by atoms with Gasteiger partial charge in [-0.1, -0.05) is 42.5 Å². The minimum atomic E-state index is -0.757. The van der Waals surface area contributed by atoms with E-state index in [4.69, 9.17) is 4.74 Å². The molecule has 3 aromatic rings. The fourth-order valence-electron chi connectivity index (χ4n) is 3.58. The summed E-state index contributed by atoms with van der Waals surface area (Å²) in [6.45, 7) is 0.736. The molecule has 2 N–H and O–H groups in total. The lowest BCUT2D eigenvalue weighted by atomic mass is 9.83. The topological polar surface area (TPSA) is 119 Å². The maximum atomic E-state index is 13.0. The zero-order valence-electron chi connectivity index (χ0n) is 17.5. The van der Waals surface area contributed by atoms with Crippen LogP contribution in [0.15, 0.2) is 66.7 Å². The van der Waals surface area contributed by atoms with Gasteiger partial charge >= 0.3 is 5.97 Å². The first kappa shape index (κ1) is 21.6. The number of carbonyl (C=O) groups is 5. The number of rotatable bonds is 5. The summed E-state index contributed by atoms with van der Waals surface area (Å²) in [6.07, 6.45) is 0. The van der Waals surface area contributed by atoms with Crippen molar-refractivity contribution in [2.45, 2.75) is 6.92 Å². The molecule has 0 aromatic heterocycles. The molecule has 3 aromatic carbocycles. The van der Waals surface area contributed by atoms with Crippen molar-refractivity contribution in [3.8, 4) is 0 Å². The van der Waals surface area contributed by atoms with E-state index in [0.717, 1.165) is 0 Å². The molecule has 1 aliphatic rings. The van der Waals surface area contributed by atoms with Gasteiger partial charge in [-0.2, -0.15) is 0 Å². The Balaban J connectivity index is 1.47. The summed E-state index contributed by atoms with van der Waals surface area (Å²) < 4.78 is 5.05. The maximum absolute atomic E-state index is 13.0. The molecular weight excluding hydrogens is 424 g/mol. The van der Waals surface area contributed by atoms with Crippen molar-refractivity contribution >= 4 is 40.7 Å². The zero-order chi connectivity index (χ0) is 23.5. The van der Waals surface area contributed by atoms with Crippen LogP contribution in [0.1, 0.15) is 49.1 Å². The molecule has 0 radical (unpaired) electrons. The number of esters is 1. The van der Waals surface area contributed by atoms with E-state index < -0.39 is 18.5 Å². The molecule has 164 valence electrons. The van der Waals surface area contributed by atoms with Gasteiger partial charge in [0.2, 0.25) is 5.91 Å². The monoisotopic (exact) mass is 442 g/mol. The Morgan fingerprint density at radius 1 is 0.788 bits per heavy atom. The van der Waals surface area contributed by atoms with E-state index in [1.54, 1.807) is 42.5 Å². The molecule has 0 bridgehead atoms. The Labute approximate surface area is 188 Å². The van der Waals surface area contributed by atoms with Crippen LogP contribution in [-0.4, -0.2) is 36.0 Å². The highest BCUT2D eigenvalue weighted by Gasteiger charge is 2.31. The van der Waals surface area contributed by atoms with Crippen LogP contribution < -0.4 is 10.6 Å². The SMILES string of the molecule is CC(=O)Nc1cccc(C(=O)OCC(=O)Nc2cccc3c2C(=O)c2ccccc2C3=O)c1. The van der Waals surface area contributed by atoms with Crippen molar-refractivity contribution in [1.82, 2.24) is 0 Å². The lowest BCUT2D eigenvalue weighted by molar-refractivity contribution is -0.119. The first-order valence-electron chi connectivity index (χ1n) is 10.0. The molecule has 0 saturated heterocycles. The second-order valence-electron chi connectivity index (χ2n) is 7.32. The molecule has 4 rings (SSSR count). The normalized spacial score (nSPS) is 11.8. The van der Waals surface area contributed by atoms with Crippen molar-refractivity contribution in [1.29, 1.82) is 0 Å². The van der Waals surface area contributed by atoms with Crippen LogP contribution in [0.5, 0.6) is 0 Å². The number of nitrogens with one attached hydrogen (secondary N) is 2. The molecule has 0 aliphatic heterocycles. The van der Waals surface area contributed by atoms with Gasteiger partial charge in [0.1, 0.15) is 0 Å². The Morgan fingerprint density at radius 3 is 2.18 bits per heavy atom. The van der Waals surface area contributed by atoms with Crippen molar-refractivity contribution in [3.05, 3.63) is 94.5 Å². The van der Waals surface area contributed by atoms with Gasteiger partial charge in [0.05, 0.1) is 16.8 Å². The van der Waals surface area contributed by atoms with Crippen LogP contribution in [0, 0.1) is 0 Å². The third-order valence-corrected chi connectivity index (χ3v) is 4.98. The number of fused-ring (bicyclic) bond motifs is 2. The fraction of sp³-hybridized carbons (Fsp3) is 0.0800. The van der Waals surface area contributed by atoms with Crippen LogP contribution in [0.25, 0.3) is 0 Å². The summed E-state index contributed by atoms with van der Waals surface area (Å²) >= 11 is 0. The van der Waals surface area contributed by atoms with Crippen LogP contribution in [0.4, 0.5) is 11.4 Å². The predicted octanol–water partition coefficient (Wildman–Crippen LogP) is 3.22. The molecule has 0 fully saturated rings. The summed E-state index contributed by atoms with van der Waals surface area (Å²) in [6, 6.07) is 17.2. The van der Waals surface area contributed by atoms with Gasteiger partial charge in [0.25, 0.3) is 5.91 Å². The average Bonchev–Trinajstić information content (AvgIpc) is 2.80. The summed E-state index contributed by atoms with van der Waals surface area (Å²) in [7, 11) is 0. The zero-order valence-corrected chi connectivity index (χ0v) is 17.5. The van der Waals surface area contributed by atoms with Crippen LogP contribution in [0.2, 0.25) is 0 Å². The Morgan fingerprint density at radius 2 is 1.45 bits per heavy atom. The molecule has 0 atom stereocenters. The third-order valence-electron chi connectivity index (χ3n) is 4.98. The molecule has 0 heterocycles. The number of hydrogen-bond donors (Lipinski definition) is 2. The Bertz CT molecular complexity index is 1330. The van der Waals surface area contributed by atoms with E-state index in [0.29, 0.717) is 11.3 Å². The van der Waals surface area contributed by atoms with E-state index in [1.807, 2.05) is 0 Å². The second kappa shape index (κ2) is 8.88. The molecule has 2 amide bonds. The van der Waals surface area contributed by atoms with Gasteiger partial charge in [0, 0.05) is 29.3 Å². The first-order chi connectivity index (χ1) is 15.8. The highest BCUT2D eigenvalue weighted by Crippen LogP contribution is 2.31. The average molecular weight is 442 g/mol. The second-order valence-corrected chi connectivity index (χ2v) is 7.32. The van der Waals surface area contributed by atoms with Gasteiger partial charge in [-0.05, 0) is 24.3 Å². The predicted molar refractivity (Wildman–Crippen MR) is 119 cm³/mol. The third kappa shape index (κ3) is 4.40. The lowest BCUT2D eigenvalue weighted by Gasteiger charge is -2.20. The molecule has 0 spiro atoms. The largest absolute Gasteiger partial charge is 0.452 e. The highest BCUT2D eigenvalue weighted by molar-refractivity contribution is 6.30. The molecule has 1 aliphatic carbocycles.